The number of hydrazine groups is 1. The van der Waals surface area contributed by atoms with Crippen molar-refractivity contribution in [2.45, 2.75) is 70.0 Å². The van der Waals surface area contributed by atoms with E-state index in [0.29, 0.717) is 50.4 Å². The fourth-order valence-corrected chi connectivity index (χ4v) is 5.66. The second kappa shape index (κ2) is 12.0. The van der Waals surface area contributed by atoms with E-state index in [1.165, 1.54) is 4.79 Å². The molecule has 2 aliphatic heterocycles. The van der Waals surface area contributed by atoms with E-state index in [-0.39, 0.29) is 11.6 Å². The quantitative estimate of drug-likeness (QED) is 0.234. The average molecular weight is 498 g/mol. The maximum Gasteiger partial charge on any atom is 0.314 e. The first kappa shape index (κ1) is 27.7. The van der Waals surface area contributed by atoms with Crippen LogP contribution < -0.4 is 16.0 Å². The Labute approximate surface area is 223 Å². The molecule has 0 bridgehead atoms. The van der Waals surface area contributed by atoms with E-state index in [1.807, 2.05) is 9.69 Å². The zero-order valence-electron chi connectivity index (χ0n) is 23.0. The average Bonchev–Trinajstić information content (AvgIpc) is 3.62. The maximum atomic E-state index is 13.9. The van der Waals surface area contributed by atoms with E-state index in [1.54, 1.807) is 5.01 Å². The summed E-state index contributed by atoms with van der Waals surface area (Å²) in [5.74, 6) is 0.530. The van der Waals surface area contributed by atoms with Gasteiger partial charge in [0.25, 0.3) is 0 Å². The fraction of sp³-hybridized carbons (Fsp3) is 0.650. The van der Waals surface area contributed by atoms with Crippen molar-refractivity contribution in [2.75, 3.05) is 23.5 Å². The molecule has 190 valence electrons. The number of aromatic nitrogens is 4. The third-order valence-corrected chi connectivity index (χ3v) is 8.36. The van der Waals surface area contributed by atoms with Crippen LogP contribution in [0.3, 0.4) is 0 Å². The van der Waals surface area contributed by atoms with Gasteiger partial charge in [0.15, 0.2) is 11.3 Å². The molecule has 2 aromatic heterocycles. The molecule has 0 radical (unpaired) electrons. The Kier molecular flexibility index (Phi) is 9.03. The Bertz CT molecular complexity index is 1180. The fourth-order valence-electron chi connectivity index (χ4n) is 5.66. The van der Waals surface area contributed by atoms with Crippen LogP contribution in [0.25, 0.3) is 10.9 Å². The molecule has 0 spiro atoms. The molecule has 1 N–H and O–H groups in total. The molecule has 0 unspecified atom stereocenters. The standard InChI is InChI=1S/C20H36B7N7O3/c1-2-26(27(23)24)13-32-16(9-25(22)12-21)17-18(28-32)20(37)34(33-8-4-6-15(33)11-36)30-19(17)29-31-7-3-5-14(31)10-35/h10-11,14-15H,2-9,12-13,21-24H2,1H3,(H,29,30)/t14-,15-/m0/s1. The van der Waals surface area contributed by atoms with Gasteiger partial charge in [-0.2, -0.15) is 5.10 Å². The van der Waals surface area contributed by atoms with Crippen molar-refractivity contribution >= 4 is 79.9 Å². The second-order valence-corrected chi connectivity index (χ2v) is 11.2. The van der Waals surface area contributed by atoms with E-state index in [0.717, 1.165) is 68.2 Å². The lowest BCUT2D eigenvalue weighted by atomic mass is 8.92. The van der Waals surface area contributed by atoms with Crippen molar-refractivity contribution in [1.29, 1.82) is 0 Å². The summed E-state index contributed by atoms with van der Waals surface area (Å²) in [5, 5.41) is 14.1. The molecule has 2 aromatic rings. The summed E-state index contributed by atoms with van der Waals surface area (Å²) in [6, 6.07) is -0.637. The topological polar surface area (TPSA) is 105 Å². The maximum absolute atomic E-state index is 13.9. The zero-order chi connectivity index (χ0) is 26.7. The highest BCUT2D eigenvalue weighted by molar-refractivity contribution is 7.57. The molecule has 17 heteroatoms. The smallest absolute Gasteiger partial charge is 0.302 e. The van der Waals surface area contributed by atoms with E-state index < -0.39 is 6.04 Å². The summed E-state index contributed by atoms with van der Waals surface area (Å²) >= 11 is 0. The normalized spacial score (nSPS) is 19.9. The van der Waals surface area contributed by atoms with Crippen molar-refractivity contribution in [2.24, 2.45) is 0 Å². The number of fused-ring (bicyclic) bond motifs is 1. The van der Waals surface area contributed by atoms with Gasteiger partial charge in [-0.05, 0) is 32.0 Å². The van der Waals surface area contributed by atoms with Crippen molar-refractivity contribution < 1.29 is 9.59 Å². The lowest BCUT2D eigenvalue weighted by molar-refractivity contribution is -0.111. The van der Waals surface area contributed by atoms with Crippen LogP contribution in [0.5, 0.6) is 0 Å². The molecule has 2 fully saturated rings. The van der Waals surface area contributed by atoms with Gasteiger partial charge in [-0.1, -0.05) is 13.2 Å². The van der Waals surface area contributed by atoms with Gasteiger partial charge in [0.2, 0.25) is 0 Å². The summed E-state index contributed by atoms with van der Waals surface area (Å²) in [4.78, 5) is 38.7. The van der Waals surface area contributed by atoms with Crippen LogP contribution in [0, 0.1) is 0 Å². The first-order valence-corrected chi connectivity index (χ1v) is 14.1. The zero-order valence-corrected chi connectivity index (χ0v) is 23.0. The lowest BCUT2D eigenvalue weighted by Crippen LogP contribution is -2.48. The number of rotatable bonds is 12. The van der Waals surface area contributed by atoms with Gasteiger partial charge in [-0.3, -0.25) is 14.5 Å². The molecule has 0 amide bonds. The summed E-state index contributed by atoms with van der Waals surface area (Å²) < 4.78 is 2.03. The van der Waals surface area contributed by atoms with Crippen LogP contribution in [0.1, 0.15) is 38.3 Å². The van der Waals surface area contributed by atoms with Crippen molar-refractivity contribution in [3.05, 3.63) is 16.0 Å². The molecular weight excluding hydrogens is 462 g/mol. The highest BCUT2D eigenvalue weighted by atomic mass is 16.2. The van der Waals surface area contributed by atoms with E-state index in [2.05, 4.69) is 43.4 Å². The predicted molar refractivity (Wildman–Crippen MR) is 164 cm³/mol. The molecule has 37 heavy (non-hydrogen) atoms. The van der Waals surface area contributed by atoms with Gasteiger partial charge in [-0.15, -0.1) is 16.1 Å². The monoisotopic (exact) mass is 499 g/mol. The first-order valence-electron chi connectivity index (χ1n) is 14.1. The highest BCUT2D eigenvalue weighted by Gasteiger charge is 2.32. The first-order chi connectivity index (χ1) is 17.8. The summed E-state index contributed by atoms with van der Waals surface area (Å²) in [5.41, 5.74) is 4.49. The molecule has 2 atom stereocenters. The number of nitrogens with one attached hydrogen (secondary N) is 1. The Morgan fingerprint density at radius 3 is 2.43 bits per heavy atom. The van der Waals surface area contributed by atoms with Crippen LogP contribution in [-0.2, 0) is 22.4 Å². The van der Waals surface area contributed by atoms with Gasteiger partial charge in [0.1, 0.15) is 25.2 Å². The highest BCUT2D eigenvalue weighted by Crippen LogP contribution is 2.27. The molecule has 0 aliphatic carbocycles. The number of nitrogens with zero attached hydrogens (tertiary/aromatic N) is 6. The third-order valence-electron chi connectivity index (χ3n) is 8.36. The number of hydrogen-bond donors (Lipinski definition) is 1. The summed E-state index contributed by atoms with van der Waals surface area (Å²) in [6.45, 7) is 4.32. The van der Waals surface area contributed by atoms with E-state index in [4.69, 9.17) is 10.2 Å². The largest absolute Gasteiger partial charge is 0.314 e. The number of anilines is 1. The molecule has 0 saturated carbocycles. The minimum atomic E-state index is -0.392. The van der Waals surface area contributed by atoms with Crippen LogP contribution in [-0.4, -0.2) is 113 Å². The minimum Gasteiger partial charge on any atom is -0.302 e. The van der Waals surface area contributed by atoms with Gasteiger partial charge in [0.05, 0.1) is 49.1 Å². The molecule has 2 saturated heterocycles. The Balaban J connectivity index is 1.93. The summed E-state index contributed by atoms with van der Waals surface area (Å²) in [7, 11) is 8.85. The van der Waals surface area contributed by atoms with Gasteiger partial charge < -0.3 is 15.0 Å². The number of carbonyl (C=O) groups excluding carboxylic acids is 2. The molecule has 2 aliphatic rings. The number of carbonyl (C=O) groups is 2. The molecule has 0 aromatic carbocycles. The minimum absolute atomic E-state index is 0.245. The second-order valence-electron chi connectivity index (χ2n) is 11.2. The predicted octanol–water partition coefficient (Wildman–Crippen LogP) is -3.93. The Morgan fingerprint density at radius 2 is 1.78 bits per heavy atom. The number of hydrogen-bond acceptors (Lipinski definition) is 8. The van der Waals surface area contributed by atoms with E-state index in [9.17, 15) is 14.4 Å². The van der Waals surface area contributed by atoms with Crippen LogP contribution in [0.2, 0.25) is 12.5 Å². The van der Waals surface area contributed by atoms with Crippen molar-refractivity contribution in [1.82, 2.24) is 24.7 Å². The van der Waals surface area contributed by atoms with Gasteiger partial charge in [-0.25, -0.2) is 5.01 Å². The van der Waals surface area contributed by atoms with Gasteiger partial charge >= 0.3 is 5.56 Å². The van der Waals surface area contributed by atoms with Crippen molar-refractivity contribution in [3.8, 4) is 0 Å². The lowest BCUT2D eigenvalue weighted by Gasteiger charge is -2.26. The van der Waals surface area contributed by atoms with Crippen LogP contribution in [0.4, 0.5) is 5.82 Å². The molecule has 10 nitrogen and oxygen atoms in total. The molecule has 4 heterocycles. The van der Waals surface area contributed by atoms with Crippen molar-refractivity contribution in [3.63, 3.8) is 0 Å². The molecule has 4 rings (SSSR count). The molecular formula is C20H36B7N7O3. The van der Waals surface area contributed by atoms with Crippen LogP contribution >= 0.6 is 0 Å². The Morgan fingerprint density at radius 1 is 1.08 bits per heavy atom. The summed E-state index contributed by atoms with van der Waals surface area (Å²) in [6.07, 6.45) is 9.08. The number of aldehydes is 2. The third kappa shape index (κ3) is 5.61. The Hall–Kier alpha value is -2.30. The van der Waals surface area contributed by atoms with Gasteiger partial charge in [0, 0.05) is 31.6 Å². The van der Waals surface area contributed by atoms with Crippen LogP contribution in [0.15, 0.2) is 4.79 Å². The van der Waals surface area contributed by atoms with E-state index >= 15 is 0 Å². The SMILES string of the molecule is BCB(B)Cc1c2c(NN3CCC[C@H]3C=O)nn(N3CCC[C@H]3C=O)c(=O)c2nn1CB(CC)B(B)B.